The summed E-state index contributed by atoms with van der Waals surface area (Å²) in [5, 5.41) is 6.18. The number of carbonyl (C=O) groups excluding carboxylic acids is 1. The van der Waals surface area contributed by atoms with Gasteiger partial charge in [-0.05, 0) is 19.8 Å². The quantitative estimate of drug-likeness (QED) is 0.817. The fourth-order valence-electron chi connectivity index (χ4n) is 1.43. The van der Waals surface area contributed by atoms with Crippen molar-refractivity contribution < 1.29 is 4.79 Å². The number of nitrogens with one attached hydrogen (secondary N) is 2. The molecule has 1 aromatic heterocycles. The van der Waals surface area contributed by atoms with Gasteiger partial charge < -0.3 is 5.32 Å². The summed E-state index contributed by atoms with van der Waals surface area (Å²) in [6, 6.07) is -0.0341. The Kier molecular flexibility index (Phi) is 5.58. The highest BCUT2D eigenvalue weighted by molar-refractivity contribution is 7.09. The minimum absolute atomic E-state index is 0.0510. The van der Waals surface area contributed by atoms with Gasteiger partial charge in [-0.3, -0.25) is 15.1 Å². The lowest BCUT2D eigenvalue weighted by molar-refractivity contribution is -0.123. The number of aromatic nitrogens is 1. The smallest absolute Gasteiger partial charge is 0.236 e. The number of amides is 1. The average molecular weight is 255 g/mol. The summed E-state index contributed by atoms with van der Waals surface area (Å²) in [5.41, 5.74) is 1.80. The van der Waals surface area contributed by atoms with E-state index in [1.54, 1.807) is 16.8 Å². The van der Waals surface area contributed by atoms with Crippen molar-refractivity contribution in [2.45, 2.75) is 39.8 Å². The summed E-state index contributed by atoms with van der Waals surface area (Å²) in [5.74, 6) is 0.528. The van der Waals surface area contributed by atoms with Crippen molar-refractivity contribution in [1.82, 2.24) is 15.6 Å². The Hall–Kier alpha value is -0.940. The minimum atomic E-state index is -0.189. The molecule has 1 amide bonds. The van der Waals surface area contributed by atoms with Crippen molar-refractivity contribution in [2.24, 2.45) is 5.92 Å². The van der Waals surface area contributed by atoms with E-state index in [4.69, 9.17) is 0 Å². The van der Waals surface area contributed by atoms with Crippen molar-refractivity contribution >= 4 is 17.2 Å². The molecule has 0 bridgehead atoms. The van der Waals surface area contributed by atoms with Gasteiger partial charge in [0.05, 0.1) is 11.6 Å². The Morgan fingerprint density at radius 3 is 2.65 bits per heavy atom. The third-order valence-corrected chi connectivity index (χ3v) is 3.41. The van der Waals surface area contributed by atoms with Gasteiger partial charge >= 0.3 is 0 Å². The summed E-state index contributed by atoms with van der Waals surface area (Å²) in [6.45, 7) is 8.81. The van der Waals surface area contributed by atoms with E-state index in [1.807, 2.05) is 20.0 Å². The van der Waals surface area contributed by atoms with Crippen LogP contribution in [0, 0.1) is 5.92 Å². The van der Waals surface area contributed by atoms with Crippen LogP contribution in [0.1, 0.15) is 38.6 Å². The molecule has 5 heteroatoms. The van der Waals surface area contributed by atoms with Gasteiger partial charge in [0.2, 0.25) is 5.91 Å². The van der Waals surface area contributed by atoms with Gasteiger partial charge in [-0.1, -0.05) is 13.8 Å². The standard InChI is InChI=1S/C12H21N3OS/c1-8(2)5-14-12(16)10(4)15-9(3)11-6-13-7-17-11/h6-10,15H,5H2,1-4H3,(H,14,16). The van der Waals surface area contributed by atoms with Gasteiger partial charge in [0.15, 0.2) is 0 Å². The Morgan fingerprint density at radius 2 is 2.12 bits per heavy atom. The third-order valence-electron chi connectivity index (χ3n) is 2.46. The van der Waals surface area contributed by atoms with Gasteiger partial charge in [0.25, 0.3) is 0 Å². The molecule has 1 aromatic rings. The molecule has 0 fully saturated rings. The molecule has 2 atom stereocenters. The lowest BCUT2D eigenvalue weighted by atomic mass is 10.2. The van der Waals surface area contributed by atoms with Crippen molar-refractivity contribution in [3.63, 3.8) is 0 Å². The van der Waals surface area contributed by atoms with E-state index in [2.05, 4.69) is 29.5 Å². The molecule has 1 heterocycles. The maximum absolute atomic E-state index is 11.8. The molecule has 96 valence electrons. The first-order chi connectivity index (χ1) is 8.00. The number of carbonyl (C=O) groups is 1. The Labute approximate surface area is 107 Å². The second-order valence-corrected chi connectivity index (χ2v) is 5.57. The first kappa shape index (κ1) is 14.1. The van der Waals surface area contributed by atoms with E-state index in [9.17, 15) is 4.79 Å². The van der Waals surface area contributed by atoms with Crippen LogP contribution in [-0.4, -0.2) is 23.5 Å². The van der Waals surface area contributed by atoms with Gasteiger partial charge in [-0.2, -0.15) is 0 Å². The lowest BCUT2D eigenvalue weighted by Crippen LogP contribution is -2.44. The zero-order chi connectivity index (χ0) is 12.8. The summed E-state index contributed by atoms with van der Waals surface area (Å²) >= 11 is 1.60. The highest BCUT2D eigenvalue weighted by atomic mass is 32.1. The van der Waals surface area contributed by atoms with Crippen LogP contribution in [0.4, 0.5) is 0 Å². The van der Waals surface area contributed by atoms with Crippen LogP contribution in [0.5, 0.6) is 0 Å². The van der Waals surface area contributed by atoms with Crippen molar-refractivity contribution in [3.05, 3.63) is 16.6 Å². The predicted molar refractivity (Wildman–Crippen MR) is 71.0 cm³/mol. The molecule has 0 saturated carbocycles. The molecule has 0 radical (unpaired) electrons. The van der Waals surface area contributed by atoms with Crippen LogP contribution in [-0.2, 0) is 4.79 Å². The first-order valence-electron chi connectivity index (χ1n) is 5.92. The lowest BCUT2D eigenvalue weighted by Gasteiger charge is -2.19. The Bertz CT molecular complexity index is 338. The fraction of sp³-hybridized carbons (Fsp3) is 0.667. The summed E-state index contributed by atoms with van der Waals surface area (Å²) in [6.07, 6.45) is 1.83. The second-order valence-electron chi connectivity index (χ2n) is 4.65. The molecule has 2 unspecified atom stereocenters. The number of nitrogens with zero attached hydrogens (tertiary/aromatic N) is 1. The molecular formula is C12H21N3OS. The summed E-state index contributed by atoms with van der Waals surface area (Å²) in [7, 11) is 0. The van der Waals surface area contributed by atoms with Crippen LogP contribution in [0.3, 0.4) is 0 Å². The molecular weight excluding hydrogens is 234 g/mol. The monoisotopic (exact) mass is 255 g/mol. The molecule has 0 spiro atoms. The van der Waals surface area contributed by atoms with Crippen LogP contribution in [0.2, 0.25) is 0 Å². The van der Waals surface area contributed by atoms with Crippen molar-refractivity contribution in [3.8, 4) is 0 Å². The van der Waals surface area contributed by atoms with E-state index in [0.29, 0.717) is 5.92 Å². The van der Waals surface area contributed by atoms with Crippen LogP contribution < -0.4 is 10.6 Å². The molecule has 0 aliphatic rings. The molecule has 0 saturated heterocycles. The van der Waals surface area contributed by atoms with Gasteiger partial charge in [-0.25, -0.2) is 0 Å². The maximum atomic E-state index is 11.8. The third kappa shape index (κ3) is 4.83. The molecule has 0 aliphatic carbocycles. The Balaban J connectivity index is 2.38. The largest absolute Gasteiger partial charge is 0.354 e. The highest BCUT2D eigenvalue weighted by Crippen LogP contribution is 2.16. The average Bonchev–Trinajstić information content (AvgIpc) is 2.78. The summed E-state index contributed by atoms with van der Waals surface area (Å²) in [4.78, 5) is 16.9. The topological polar surface area (TPSA) is 54.0 Å². The molecule has 4 nitrogen and oxygen atoms in total. The van der Waals surface area contributed by atoms with Crippen LogP contribution >= 0.6 is 11.3 Å². The maximum Gasteiger partial charge on any atom is 0.236 e. The minimum Gasteiger partial charge on any atom is -0.354 e. The summed E-state index contributed by atoms with van der Waals surface area (Å²) < 4.78 is 0. The number of hydrogen-bond acceptors (Lipinski definition) is 4. The van der Waals surface area contributed by atoms with Crippen molar-refractivity contribution in [2.75, 3.05) is 6.54 Å². The first-order valence-corrected chi connectivity index (χ1v) is 6.80. The van der Waals surface area contributed by atoms with E-state index in [0.717, 1.165) is 11.4 Å². The van der Waals surface area contributed by atoms with E-state index < -0.39 is 0 Å². The second kappa shape index (κ2) is 6.71. The van der Waals surface area contributed by atoms with E-state index in [1.165, 1.54) is 0 Å². The zero-order valence-electron chi connectivity index (χ0n) is 10.9. The number of thiazole rings is 1. The van der Waals surface area contributed by atoms with E-state index in [-0.39, 0.29) is 18.0 Å². The molecule has 0 aromatic carbocycles. The van der Waals surface area contributed by atoms with Gasteiger partial charge in [-0.15, -0.1) is 11.3 Å². The SMILES string of the molecule is CC(C)CNC(=O)C(C)NC(C)c1cncs1. The number of rotatable bonds is 6. The molecule has 1 rings (SSSR count). The highest BCUT2D eigenvalue weighted by Gasteiger charge is 2.16. The van der Waals surface area contributed by atoms with Gasteiger partial charge in [0.1, 0.15) is 0 Å². The van der Waals surface area contributed by atoms with Crippen LogP contribution in [0.15, 0.2) is 11.7 Å². The Morgan fingerprint density at radius 1 is 1.41 bits per heavy atom. The zero-order valence-corrected chi connectivity index (χ0v) is 11.7. The fourth-order valence-corrected chi connectivity index (χ4v) is 2.07. The van der Waals surface area contributed by atoms with Crippen molar-refractivity contribution in [1.29, 1.82) is 0 Å². The molecule has 0 aliphatic heterocycles. The normalized spacial score (nSPS) is 14.6. The molecule has 2 N–H and O–H groups in total. The molecule has 17 heavy (non-hydrogen) atoms. The van der Waals surface area contributed by atoms with E-state index >= 15 is 0 Å². The van der Waals surface area contributed by atoms with Gasteiger partial charge in [0, 0.05) is 23.7 Å². The predicted octanol–water partition coefficient (Wildman–Crippen LogP) is 1.95. The van der Waals surface area contributed by atoms with Crippen LogP contribution in [0.25, 0.3) is 0 Å². The number of hydrogen-bond donors (Lipinski definition) is 2.